The van der Waals surface area contributed by atoms with E-state index in [2.05, 4.69) is 15.3 Å². The molecule has 3 aromatic rings. The van der Waals surface area contributed by atoms with Crippen LogP contribution in [0.15, 0.2) is 52.9 Å². The van der Waals surface area contributed by atoms with Crippen molar-refractivity contribution in [2.24, 2.45) is 0 Å². The second-order valence-electron chi connectivity index (χ2n) is 5.70. The van der Waals surface area contributed by atoms with Crippen LogP contribution in [0.1, 0.15) is 27.9 Å². The van der Waals surface area contributed by atoms with Gasteiger partial charge in [0.2, 0.25) is 5.91 Å². The van der Waals surface area contributed by atoms with E-state index in [1.54, 1.807) is 43.6 Å². The number of nitrogens with zero attached hydrogens (tertiary/aromatic N) is 3. The van der Waals surface area contributed by atoms with E-state index in [-0.39, 0.29) is 18.5 Å². The van der Waals surface area contributed by atoms with Gasteiger partial charge in [0.05, 0.1) is 6.04 Å². The summed E-state index contributed by atoms with van der Waals surface area (Å²) in [6.07, 6.45) is 3.39. The number of thiophene rings is 1. The van der Waals surface area contributed by atoms with Crippen LogP contribution in [0.5, 0.6) is 0 Å². The van der Waals surface area contributed by atoms with E-state index in [0.717, 1.165) is 10.4 Å². The van der Waals surface area contributed by atoms with Crippen LogP contribution in [0, 0.1) is 13.8 Å². The third-order valence-corrected chi connectivity index (χ3v) is 4.76. The number of aromatic nitrogens is 3. The second kappa shape index (κ2) is 7.40. The Hall–Kier alpha value is -2.80. The maximum Gasteiger partial charge on any atom is 0.348 e. The predicted molar refractivity (Wildman–Crippen MR) is 96.5 cm³/mol. The zero-order valence-corrected chi connectivity index (χ0v) is 14.8. The van der Waals surface area contributed by atoms with Crippen molar-refractivity contribution in [3.63, 3.8) is 0 Å². The Morgan fingerprint density at radius 2 is 2.04 bits per heavy atom. The fourth-order valence-corrected chi connectivity index (χ4v) is 3.45. The van der Waals surface area contributed by atoms with E-state index in [9.17, 15) is 9.59 Å². The van der Waals surface area contributed by atoms with Gasteiger partial charge in [0.25, 0.3) is 0 Å². The number of rotatable bonds is 5. The van der Waals surface area contributed by atoms with Crippen LogP contribution in [-0.2, 0) is 11.3 Å². The lowest BCUT2D eigenvalue weighted by Crippen LogP contribution is -2.36. The molecule has 0 aliphatic rings. The van der Waals surface area contributed by atoms with Crippen molar-refractivity contribution >= 4 is 17.2 Å². The first-order valence-corrected chi connectivity index (χ1v) is 8.70. The van der Waals surface area contributed by atoms with Crippen LogP contribution in [-0.4, -0.2) is 20.4 Å². The molecule has 0 bridgehead atoms. The molecule has 3 rings (SSSR count). The first-order valence-electron chi connectivity index (χ1n) is 7.82. The molecule has 3 heterocycles. The number of carbonyl (C=O) groups is 1. The summed E-state index contributed by atoms with van der Waals surface area (Å²) in [4.78, 5) is 33.6. The maximum absolute atomic E-state index is 12.6. The molecule has 0 aliphatic heterocycles. The highest BCUT2D eigenvalue weighted by atomic mass is 32.1. The monoisotopic (exact) mass is 354 g/mol. The molecule has 3 aromatic heterocycles. The summed E-state index contributed by atoms with van der Waals surface area (Å²) in [6, 6.07) is 9.17. The van der Waals surface area contributed by atoms with E-state index >= 15 is 0 Å². The molecule has 128 valence electrons. The second-order valence-corrected chi connectivity index (χ2v) is 6.68. The van der Waals surface area contributed by atoms with Crippen molar-refractivity contribution in [1.29, 1.82) is 0 Å². The Morgan fingerprint density at radius 3 is 2.68 bits per heavy atom. The largest absolute Gasteiger partial charge is 0.348 e. The minimum atomic E-state index is -0.413. The Labute approximate surface area is 149 Å². The van der Waals surface area contributed by atoms with Crippen molar-refractivity contribution in [3.8, 4) is 0 Å². The van der Waals surface area contributed by atoms with E-state index in [4.69, 9.17) is 0 Å². The van der Waals surface area contributed by atoms with Crippen LogP contribution in [0.4, 0.5) is 0 Å². The molecule has 1 atom stereocenters. The summed E-state index contributed by atoms with van der Waals surface area (Å²) in [5.41, 5.74) is 1.89. The first-order chi connectivity index (χ1) is 12.0. The lowest BCUT2D eigenvalue weighted by Gasteiger charge is -2.19. The minimum Gasteiger partial charge on any atom is -0.343 e. The molecule has 1 amide bonds. The molecular weight excluding hydrogens is 336 g/mol. The average Bonchev–Trinajstić information content (AvgIpc) is 3.11. The van der Waals surface area contributed by atoms with Gasteiger partial charge < -0.3 is 5.32 Å². The van der Waals surface area contributed by atoms with Crippen LogP contribution < -0.4 is 11.0 Å². The number of nitrogens with one attached hydrogen (secondary N) is 1. The van der Waals surface area contributed by atoms with Crippen molar-refractivity contribution in [2.75, 3.05) is 0 Å². The van der Waals surface area contributed by atoms with Gasteiger partial charge in [-0.05, 0) is 49.1 Å². The van der Waals surface area contributed by atoms with E-state index in [0.29, 0.717) is 11.4 Å². The molecule has 0 aromatic carbocycles. The third-order valence-electron chi connectivity index (χ3n) is 3.82. The number of hydrogen-bond donors (Lipinski definition) is 1. The van der Waals surface area contributed by atoms with E-state index in [1.165, 1.54) is 4.57 Å². The topological polar surface area (TPSA) is 76.9 Å². The van der Waals surface area contributed by atoms with Crippen LogP contribution in [0.2, 0.25) is 0 Å². The molecule has 1 N–H and O–H groups in total. The molecule has 6 nitrogen and oxygen atoms in total. The van der Waals surface area contributed by atoms with Gasteiger partial charge in [-0.15, -0.1) is 11.3 Å². The van der Waals surface area contributed by atoms with Crippen LogP contribution >= 0.6 is 11.3 Å². The van der Waals surface area contributed by atoms with Crippen LogP contribution in [0.3, 0.4) is 0 Å². The minimum absolute atomic E-state index is 0.0646. The molecule has 25 heavy (non-hydrogen) atoms. The Kier molecular flexibility index (Phi) is 5.04. The lowest BCUT2D eigenvalue weighted by atomic mass is 10.1. The van der Waals surface area contributed by atoms with Crippen molar-refractivity contribution < 1.29 is 4.79 Å². The van der Waals surface area contributed by atoms with Crippen molar-refractivity contribution in [1.82, 2.24) is 19.9 Å². The smallest absolute Gasteiger partial charge is 0.343 e. The normalized spacial score (nSPS) is 11.9. The van der Waals surface area contributed by atoms with Gasteiger partial charge in [0, 0.05) is 28.7 Å². The Bertz CT molecular complexity index is 920. The Morgan fingerprint density at radius 1 is 1.28 bits per heavy atom. The molecule has 0 fully saturated rings. The van der Waals surface area contributed by atoms with Gasteiger partial charge in [-0.2, -0.15) is 4.98 Å². The predicted octanol–water partition coefficient (Wildman–Crippen LogP) is 2.22. The molecule has 0 saturated heterocycles. The summed E-state index contributed by atoms with van der Waals surface area (Å²) in [7, 11) is 0. The van der Waals surface area contributed by atoms with Gasteiger partial charge >= 0.3 is 5.69 Å². The molecule has 0 radical (unpaired) electrons. The summed E-state index contributed by atoms with van der Waals surface area (Å²) in [5, 5.41) is 4.98. The highest BCUT2D eigenvalue weighted by Gasteiger charge is 2.18. The summed E-state index contributed by atoms with van der Waals surface area (Å²) < 4.78 is 1.38. The van der Waals surface area contributed by atoms with Crippen LogP contribution in [0.25, 0.3) is 0 Å². The quantitative estimate of drug-likeness (QED) is 0.762. The number of hydrogen-bond acceptors (Lipinski definition) is 5. The molecule has 0 unspecified atom stereocenters. The highest BCUT2D eigenvalue weighted by Crippen LogP contribution is 2.25. The van der Waals surface area contributed by atoms with Gasteiger partial charge in [0.1, 0.15) is 6.54 Å². The highest BCUT2D eigenvalue weighted by molar-refractivity contribution is 7.10. The molecule has 7 heteroatoms. The van der Waals surface area contributed by atoms with E-state index in [1.807, 2.05) is 29.6 Å². The summed E-state index contributed by atoms with van der Waals surface area (Å²) in [5.74, 6) is -0.244. The lowest BCUT2D eigenvalue weighted by molar-refractivity contribution is -0.122. The maximum atomic E-state index is 12.6. The number of amides is 1. The fourth-order valence-electron chi connectivity index (χ4n) is 2.65. The number of aryl methyl sites for hydroxylation is 2. The standard InChI is InChI=1S/C18H18N4O2S/c1-12-10-13(2)22(18(24)20-12)11-16(23)21-17(15-4-3-9-25-15)14-5-7-19-8-6-14/h3-10,17H,11H2,1-2H3,(H,21,23)/t17-/m1/s1. The first kappa shape index (κ1) is 17.0. The van der Waals surface area contributed by atoms with Crippen molar-refractivity contribution in [2.45, 2.75) is 26.4 Å². The van der Waals surface area contributed by atoms with Gasteiger partial charge in [-0.25, -0.2) is 4.79 Å². The molecule has 0 saturated carbocycles. The Balaban J connectivity index is 1.84. The SMILES string of the molecule is Cc1cc(C)n(CC(=O)N[C@H](c2ccncc2)c2cccs2)c(=O)n1. The molecule has 0 aliphatic carbocycles. The van der Waals surface area contributed by atoms with Gasteiger partial charge in [-0.1, -0.05) is 6.07 Å². The average molecular weight is 354 g/mol. The van der Waals surface area contributed by atoms with Gasteiger partial charge in [-0.3, -0.25) is 14.3 Å². The van der Waals surface area contributed by atoms with E-state index < -0.39 is 5.69 Å². The fraction of sp³-hybridized carbons (Fsp3) is 0.222. The number of pyridine rings is 1. The third kappa shape index (κ3) is 4.00. The molecular formula is C18H18N4O2S. The summed E-state index contributed by atoms with van der Waals surface area (Å²) in [6.45, 7) is 3.49. The zero-order valence-electron chi connectivity index (χ0n) is 14.0. The summed E-state index contributed by atoms with van der Waals surface area (Å²) >= 11 is 1.57. The van der Waals surface area contributed by atoms with Gasteiger partial charge in [0.15, 0.2) is 0 Å². The molecule has 0 spiro atoms. The zero-order chi connectivity index (χ0) is 17.8. The van der Waals surface area contributed by atoms with Crippen molar-refractivity contribution in [3.05, 3.63) is 80.4 Å². The number of carbonyl (C=O) groups excluding carboxylic acids is 1.